The lowest BCUT2D eigenvalue weighted by Crippen LogP contribution is -2.13. The molecule has 0 saturated heterocycles. The van der Waals surface area contributed by atoms with E-state index >= 15 is 0 Å². The Balaban J connectivity index is 2.90. The topological polar surface area (TPSA) is 52.9 Å². The molecule has 0 aliphatic carbocycles. The highest BCUT2D eigenvalue weighted by Gasteiger charge is 2.06. The van der Waals surface area contributed by atoms with Crippen molar-refractivity contribution in [1.82, 2.24) is 0 Å². The number of alkyl halides is 1. The average Bonchev–Trinajstić information content (AvgIpc) is 2.20. The fourth-order valence-corrected chi connectivity index (χ4v) is 0.936. The van der Waals surface area contributed by atoms with E-state index < -0.39 is 11.7 Å². The van der Waals surface area contributed by atoms with E-state index in [1.165, 1.54) is 12.1 Å². The number of halogens is 2. The summed E-state index contributed by atoms with van der Waals surface area (Å²) in [5, 5.41) is 10.7. The summed E-state index contributed by atoms with van der Waals surface area (Å²) < 4.78 is 13.1. The van der Waals surface area contributed by atoms with Gasteiger partial charge in [0.15, 0.2) is 0 Å². The summed E-state index contributed by atoms with van der Waals surface area (Å²) in [6, 6.07) is 5.56. The fourth-order valence-electron chi connectivity index (χ4n) is 0.870. The Bertz CT molecular complexity index is 400. The third-order valence-corrected chi connectivity index (χ3v) is 1.74. The predicted molar refractivity (Wildman–Crippen MR) is 50.5 cm³/mol. The molecule has 1 aromatic carbocycles. The number of benzene rings is 1. The van der Waals surface area contributed by atoms with Crippen LogP contribution in [0.4, 0.5) is 10.1 Å². The fraction of sp³-hybridized carbons (Fsp3) is 0.111. The van der Waals surface area contributed by atoms with Crippen molar-refractivity contribution in [2.75, 3.05) is 11.2 Å². The Morgan fingerprint density at radius 3 is 2.86 bits per heavy atom. The van der Waals surface area contributed by atoms with Crippen LogP contribution in [0.25, 0.3) is 0 Å². The van der Waals surface area contributed by atoms with Crippen LogP contribution < -0.4 is 5.32 Å². The van der Waals surface area contributed by atoms with E-state index in [2.05, 4.69) is 5.32 Å². The molecule has 0 saturated carbocycles. The number of anilines is 1. The van der Waals surface area contributed by atoms with Crippen molar-refractivity contribution < 1.29 is 9.18 Å². The molecule has 0 aliphatic rings. The van der Waals surface area contributed by atoms with Gasteiger partial charge in [0.1, 0.15) is 11.7 Å². The van der Waals surface area contributed by atoms with Gasteiger partial charge in [0.05, 0.1) is 17.3 Å². The minimum absolute atomic E-state index is 0.0228. The highest BCUT2D eigenvalue weighted by molar-refractivity contribution is 6.29. The first-order valence-corrected chi connectivity index (χ1v) is 4.26. The minimum atomic E-state index is -0.650. The molecule has 1 aromatic rings. The van der Waals surface area contributed by atoms with E-state index in [1.807, 2.05) is 0 Å². The number of hydrogen-bond donors (Lipinski definition) is 1. The summed E-state index contributed by atoms with van der Waals surface area (Å²) in [5.74, 6) is -1.38. The standard InChI is InChI=1S/C9H6ClFN2O/c10-4-9(14)13-8-2-1-6(5-12)3-7(8)11/h1-3H,4H2,(H,13,14). The zero-order valence-electron chi connectivity index (χ0n) is 7.05. The maximum atomic E-state index is 13.1. The quantitative estimate of drug-likeness (QED) is 0.761. The smallest absolute Gasteiger partial charge is 0.239 e. The molecule has 72 valence electrons. The summed E-state index contributed by atoms with van der Waals surface area (Å²) in [5.41, 5.74) is 0.223. The van der Waals surface area contributed by atoms with Crippen molar-refractivity contribution in [3.05, 3.63) is 29.6 Å². The molecule has 0 aromatic heterocycles. The van der Waals surface area contributed by atoms with Crippen LogP contribution in [0.2, 0.25) is 0 Å². The first-order chi connectivity index (χ1) is 6.67. The molecule has 1 rings (SSSR count). The molecule has 0 spiro atoms. The second-order valence-electron chi connectivity index (χ2n) is 2.49. The molecule has 0 bridgehead atoms. The third-order valence-electron chi connectivity index (χ3n) is 1.49. The van der Waals surface area contributed by atoms with Gasteiger partial charge in [0.25, 0.3) is 0 Å². The van der Waals surface area contributed by atoms with Gasteiger partial charge >= 0.3 is 0 Å². The highest BCUT2D eigenvalue weighted by Crippen LogP contribution is 2.15. The van der Waals surface area contributed by atoms with E-state index in [4.69, 9.17) is 16.9 Å². The first-order valence-electron chi connectivity index (χ1n) is 3.73. The van der Waals surface area contributed by atoms with Gasteiger partial charge in [-0.05, 0) is 18.2 Å². The van der Waals surface area contributed by atoms with Crippen LogP contribution in [0.15, 0.2) is 18.2 Å². The van der Waals surface area contributed by atoms with Crippen LogP contribution in [0.5, 0.6) is 0 Å². The van der Waals surface area contributed by atoms with Crippen molar-refractivity contribution in [2.45, 2.75) is 0 Å². The summed E-state index contributed by atoms with van der Waals surface area (Å²) in [7, 11) is 0. The van der Waals surface area contributed by atoms with Gasteiger partial charge < -0.3 is 5.32 Å². The van der Waals surface area contributed by atoms with Crippen LogP contribution in [-0.4, -0.2) is 11.8 Å². The third kappa shape index (κ3) is 2.44. The number of carbonyl (C=O) groups is 1. The molecular formula is C9H6ClFN2O. The largest absolute Gasteiger partial charge is 0.323 e. The minimum Gasteiger partial charge on any atom is -0.323 e. The monoisotopic (exact) mass is 212 g/mol. The van der Waals surface area contributed by atoms with Crippen LogP contribution in [0.1, 0.15) is 5.56 Å². The number of nitriles is 1. The molecule has 0 aliphatic heterocycles. The lowest BCUT2D eigenvalue weighted by molar-refractivity contribution is -0.113. The summed E-state index contributed by atoms with van der Waals surface area (Å²) in [6.45, 7) is 0. The predicted octanol–water partition coefficient (Wildman–Crippen LogP) is 1.87. The lowest BCUT2D eigenvalue weighted by atomic mass is 10.2. The maximum absolute atomic E-state index is 13.1. The van der Waals surface area contributed by atoms with Crippen LogP contribution >= 0.6 is 11.6 Å². The number of hydrogen-bond acceptors (Lipinski definition) is 2. The Morgan fingerprint density at radius 1 is 1.64 bits per heavy atom. The average molecular weight is 213 g/mol. The Labute approximate surface area is 85.1 Å². The zero-order chi connectivity index (χ0) is 10.6. The Hall–Kier alpha value is -1.60. The van der Waals surface area contributed by atoms with E-state index in [0.717, 1.165) is 6.07 Å². The zero-order valence-corrected chi connectivity index (χ0v) is 7.81. The number of nitrogens with one attached hydrogen (secondary N) is 1. The molecule has 0 heterocycles. The van der Waals surface area contributed by atoms with Crippen LogP contribution in [0.3, 0.4) is 0 Å². The van der Waals surface area contributed by atoms with Gasteiger partial charge in [-0.15, -0.1) is 11.6 Å². The number of nitrogens with zero attached hydrogens (tertiary/aromatic N) is 1. The van der Waals surface area contributed by atoms with Gasteiger partial charge in [0.2, 0.25) is 5.91 Å². The van der Waals surface area contributed by atoms with Gasteiger partial charge in [0, 0.05) is 0 Å². The van der Waals surface area contributed by atoms with E-state index in [9.17, 15) is 9.18 Å². The molecule has 14 heavy (non-hydrogen) atoms. The van der Waals surface area contributed by atoms with Crippen molar-refractivity contribution in [3.63, 3.8) is 0 Å². The van der Waals surface area contributed by atoms with Gasteiger partial charge in [-0.3, -0.25) is 4.79 Å². The highest BCUT2D eigenvalue weighted by atomic mass is 35.5. The molecule has 3 nitrogen and oxygen atoms in total. The van der Waals surface area contributed by atoms with E-state index in [0.29, 0.717) is 0 Å². The lowest BCUT2D eigenvalue weighted by Gasteiger charge is -2.03. The molecule has 1 amide bonds. The molecule has 5 heteroatoms. The van der Waals surface area contributed by atoms with Gasteiger partial charge in [-0.2, -0.15) is 5.26 Å². The number of carbonyl (C=O) groups excluding carboxylic acids is 1. The Morgan fingerprint density at radius 2 is 2.36 bits per heavy atom. The first kappa shape index (κ1) is 10.5. The van der Waals surface area contributed by atoms with Crippen LogP contribution in [0, 0.1) is 17.1 Å². The summed E-state index contributed by atoms with van der Waals surface area (Å²) >= 11 is 5.23. The number of amides is 1. The molecule has 0 atom stereocenters. The van der Waals surface area contributed by atoms with E-state index in [-0.39, 0.29) is 17.1 Å². The van der Waals surface area contributed by atoms with Crippen molar-refractivity contribution in [3.8, 4) is 6.07 Å². The normalized spacial score (nSPS) is 9.21. The second kappa shape index (κ2) is 4.58. The van der Waals surface area contributed by atoms with Crippen molar-refractivity contribution in [1.29, 1.82) is 5.26 Å². The Kier molecular flexibility index (Phi) is 3.43. The van der Waals surface area contributed by atoms with Gasteiger partial charge in [-0.25, -0.2) is 4.39 Å². The molecule has 0 unspecified atom stereocenters. The van der Waals surface area contributed by atoms with Crippen molar-refractivity contribution in [2.24, 2.45) is 0 Å². The summed E-state index contributed by atoms with van der Waals surface area (Å²) in [6.07, 6.45) is 0. The molecule has 1 N–H and O–H groups in total. The maximum Gasteiger partial charge on any atom is 0.239 e. The molecule has 0 fully saturated rings. The molecule has 0 radical (unpaired) electrons. The number of rotatable bonds is 2. The summed E-state index contributed by atoms with van der Waals surface area (Å²) in [4.78, 5) is 10.8. The second-order valence-corrected chi connectivity index (χ2v) is 2.76. The van der Waals surface area contributed by atoms with E-state index in [1.54, 1.807) is 6.07 Å². The van der Waals surface area contributed by atoms with Crippen molar-refractivity contribution >= 4 is 23.2 Å². The molecular weight excluding hydrogens is 207 g/mol. The van der Waals surface area contributed by atoms with Crippen LogP contribution in [-0.2, 0) is 4.79 Å². The van der Waals surface area contributed by atoms with Gasteiger partial charge in [-0.1, -0.05) is 0 Å². The SMILES string of the molecule is N#Cc1ccc(NC(=O)CCl)c(F)c1.